The van der Waals surface area contributed by atoms with Crippen molar-refractivity contribution < 1.29 is 0 Å². The van der Waals surface area contributed by atoms with Crippen LogP contribution in [0, 0.1) is 11.8 Å². The molecule has 0 spiro atoms. The van der Waals surface area contributed by atoms with Crippen molar-refractivity contribution in [2.75, 3.05) is 23.7 Å². The average molecular weight is 239 g/mol. The smallest absolute Gasteiger partial charge is 0.0660 e. The monoisotopic (exact) mass is 238 g/mol. The molecular formula is C13H19ClN2. The van der Waals surface area contributed by atoms with Crippen LogP contribution in [0.5, 0.6) is 0 Å². The standard InChI is InChI=1S/C13H19ClN2/c1-9-5-10(2)8-16(7-9)13-4-3-11(15)6-12(13)14/h3-4,6,9-10H,5,7-8,15H2,1-2H3. The molecule has 0 saturated carbocycles. The van der Waals surface area contributed by atoms with Gasteiger partial charge in [0, 0.05) is 18.8 Å². The Hall–Kier alpha value is -0.890. The first-order valence-corrected chi connectivity index (χ1v) is 6.24. The van der Waals surface area contributed by atoms with Crippen LogP contribution in [0.15, 0.2) is 18.2 Å². The van der Waals surface area contributed by atoms with Gasteiger partial charge in [0.15, 0.2) is 0 Å². The summed E-state index contributed by atoms with van der Waals surface area (Å²) in [6.45, 7) is 6.78. The molecular weight excluding hydrogens is 220 g/mol. The van der Waals surface area contributed by atoms with Crippen LogP contribution in [0.3, 0.4) is 0 Å². The number of hydrogen-bond acceptors (Lipinski definition) is 2. The Bertz CT molecular complexity index is 368. The lowest BCUT2D eigenvalue weighted by atomic mass is 9.91. The maximum Gasteiger partial charge on any atom is 0.0660 e. The van der Waals surface area contributed by atoms with E-state index in [0.29, 0.717) is 0 Å². The third kappa shape index (κ3) is 2.43. The van der Waals surface area contributed by atoms with Gasteiger partial charge < -0.3 is 10.6 Å². The Morgan fingerprint density at radius 3 is 2.44 bits per heavy atom. The summed E-state index contributed by atoms with van der Waals surface area (Å²) in [5.74, 6) is 1.47. The van der Waals surface area contributed by atoms with Gasteiger partial charge in [0.25, 0.3) is 0 Å². The van der Waals surface area contributed by atoms with Crippen LogP contribution in [0.4, 0.5) is 11.4 Å². The molecule has 0 bridgehead atoms. The Labute approximate surface area is 102 Å². The van der Waals surface area contributed by atoms with E-state index >= 15 is 0 Å². The van der Waals surface area contributed by atoms with Crippen molar-refractivity contribution in [1.82, 2.24) is 0 Å². The molecule has 88 valence electrons. The largest absolute Gasteiger partial charge is 0.399 e. The Kier molecular flexibility index (Phi) is 3.29. The van der Waals surface area contributed by atoms with E-state index in [2.05, 4.69) is 18.7 Å². The van der Waals surface area contributed by atoms with Gasteiger partial charge in [0.2, 0.25) is 0 Å². The van der Waals surface area contributed by atoms with E-state index < -0.39 is 0 Å². The van der Waals surface area contributed by atoms with Gasteiger partial charge in [-0.25, -0.2) is 0 Å². The second kappa shape index (κ2) is 4.54. The summed E-state index contributed by atoms with van der Waals surface area (Å²) in [5.41, 5.74) is 7.56. The summed E-state index contributed by atoms with van der Waals surface area (Å²) < 4.78 is 0. The molecule has 1 aromatic carbocycles. The second-order valence-corrected chi connectivity index (χ2v) is 5.47. The lowest BCUT2D eigenvalue weighted by molar-refractivity contribution is 0.357. The highest BCUT2D eigenvalue weighted by atomic mass is 35.5. The van der Waals surface area contributed by atoms with Crippen LogP contribution in [0.1, 0.15) is 20.3 Å². The van der Waals surface area contributed by atoms with E-state index in [9.17, 15) is 0 Å². The van der Waals surface area contributed by atoms with Crippen LogP contribution in [0.2, 0.25) is 5.02 Å². The summed E-state index contributed by atoms with van der Waals surface area (Å²) in [4.78, 5) is 2.38. The molecule has 1 aromatic rings. The molecule has 0 aliphatic carbocycles. The van der Waals surface area contributed by atoms with Crippen molar-refractivity contribution in [3.8, 4) is 0 Å². The highest BCUT2D eigenvalue weighted by Gasteiger charge is 2.23. The van der Waals surface area contributed by atoms with E-state index in [1.54, 1.807) is 0 Å². The third-order valence-electron chi connectivity index (χ3n) is 3.18. The summed E-state index contributed by atoms with van der Waals surface area (Å²) in [5, 5.41) is 0.765. The van der Waals surface area contributed by atoms with Crippen molar-refractivity contribution in [3.63, 3.8) is 0 Å². The van der Waals surface area contributed by atoms with Crippen LogP contribution in [0.25, 0.3) is 0 Å². The predicted molar refractivity (Wildman–Crippen MR) is 71.0 cm³/mol. The van der Waals surface area contributed by atoms with Gasteiger partial charge in [-0.15, -0.1) is 0 Å². The zero-order valence-corrected chi connectivity index (χ0v) is 10.7. The van der Waals surface area contributed by atoms with Crippen molar-refractivity contribution in [2.45, 2.75) is 20.3 Å². The number of nitrogens with zero attached hydrogens (tertiary/aromatic N) is 1. The van der Waals surface area contributed by atoms with E-state index in [1.807, 2.05) is 18.2 Å². The molecule has 1 aliphatic rings. The molecule has 2 atom stereocenters. The van der Waals surface area contributed by atoms with E-state index in [0.717, 1.165) is 41.3 Å². The molecule has 1 fully saturated rings. The first kappa shape index (κ1) is 11.6. The highest BCUT2D eigenvalue weighted by molar-refractivity contribution is 6.33. The van der Waals surface area contributed by atoms with Crippen molar-refractivity contribution in [1.29, 1.82) is 0 Å². The predicted octanol–water partition coefficient (Wildman–Crippen LogP) is 3.40. The molecule has 16 heavy (non-hydrogen) atoms. The molecule has 0 aromatic heterocycles. The summed E-state index contributed by atoms with van der Waals surface area (Å²) >= 11 is 6.24. The fourth-order valence-corrected chi connectivity index (χ4v) is 2.95. The SMILES string of the molecule is CC1CC(C)CN(c2ccc(N)cc2Cl)C1. The molecule has 2 unspecified atom stereocenters. The van der Waals surface area contributed by atoms with E-state index in [4.69, 9.17) is 17.3 Å². The maximum absolute atomic E-state index is 6.24. The fraction of sp³-hybridized carbons (Fsp3) is 0.538. The molecule has 0 radical (unpaired) electrons. The minimum absolute atomic E-state index is 0.729. The summed E-state index contributed by atoms with van der Waals surface area (Å²) in [6, 6.07) is 5.79. The summed E-state index contributed by atoms with van der Waals surface area (Å²) in [7, 11) is 0. The van der Waals surface area contributed by atoms with Gasteiger partial charge in [0.05, 0.1) is 10.7 Å². The zero-order chi connectivity index (χ0) is 11.7. The van der Waals surface area contributed by atoms with E-state index in [1.165, 1.54) is 6.42 Å². The molecule has 2 rings (SSSR count). The second-order valence-electron chi connectivity index (χ2n) is 5.06. The molecule has 2 nitrogen and oxygen atoms in total. The van der Waals surface area contributed by atoms with Gasteiger partial charge in [-0.1, -0.05) is 25.4 Å². The first-order chi connectivity index (χ1) is 7.56. The fourth-order valence-electron chi connectivity index (χ4n) is 2.64. The minimum atomic E-state index is 0.729. The molecule has 1 saturated heterocycles. The molecule has 3 heteroatoms. The number of anilines is 2. The first-order valence-electron chi connectivity index (χ1n) is 5.86. The zero-order valence-electron chi connectivity index (χ0n) is 9.91. The number of halogens is 1. The van der Waals surface area contributed by atoms with Crippen molar-refractivity contribution in [3.05, 3.63) is 23.2 Å². The number of nitrogens with two attached hydrogens (primary N) is 1. The maximum atomic E-state index is 6.24. The number of piperidine rings is 1. The van der Waals surface area contributed by atoms with Gasteiger partial charge in [-0.05, 0) is 36.5 Å². The van der Waals surface area contributed by atoms with Crippen molar-refractivity contribution >= 4 is 23.0 Å². The topological polar surface area (TPSA) is 29.3 Å². The van der Waals surface area contributed by atoms with Crippen LogP contribution in [-0.4, -0.2) is 13.1 Å². The van der Waals surface area contributed by atoms with Crippen LogP contribution >= 0.6 is 11.6 Å². The third-order valence-corrected chi connectivity index (χ3v) is 3.48. The molecule has 1 aliphatic heterocycles. The number of hydrogen-bond donors (Lipinski definition) is 1. The minimum Gasteiger partial charge on any atom is -0.399 e. The van der Waals surface area contributed by atoms with Crippen molar-refractivity contribution in [2.24, 2.45) is 11.8 Å². The highest BCUT2D eigenvalue weighted by Crippen LogP contribution is 2.32. The Morgan fingerprint density at radius 1 is 1.25 bits per heavy atom. The number of rotatable bonds is 1. The number of benzene rings is 1. The van der Waals surface area contributed by atoms with Gasteiger partial charge in [-0.3, -0.25) is 0 Å². The van der Waals surface area contributed by atoms with Gasteiger partial charge >= 0.3 is 0 Å². The lowest BCUT2D eigenvalue weighted by Crippen LogP contribution is -2.38. The van der Waals surface area contributed by atoms with Crippen LogP contribution in [-0.2, 0) is 0 Å². The Morgan fingerprint density at radius 2 is 1.88 bits per heavy atom. The molecule has 1 heterocycles. The summed E-state index contributed by atoms with van der Waals surface area (Å²) in [6.07, 6.45) is 1.31. The van der Waals surface area contributed by atoms with Gasteiger partial charge in [0.1, 0.15) is 0 Å². The molecule has 2 N–H and O–H groups in total. The quantitative estimate of drug-likeness (QED) is 0.760. The lowest BCUT2D eigenvalue weighted by Gasteiger charge is -2.37. The molecule has 0 amide bonds. The van der Waals surface area contributed by atoms with E-state index in [-0.39, 0.29) is 0 Å². The number of nitrogen functional groups attached to an aromatic ring is 1. The van der Waals surface area contributed by atoms with Crippen LogP contribution < -0.4 is 10.6 Å². The Balaban J connectivity index is 2.23. The normalized spacial score (nSPS) is 25.8. The van der Waals surface area contributed by atoms with Gasteiger partial charge in [-0.2, -0.15) is 0 Å². The average Bonchev–Trinajstić information content (AvgIpc) is 2.15.